The molecule has 1 aromatic carbocycles. The zero-order valence-corrected chi connectivity index (χ0v) is 13.0. The van der Waals surface area contributed by atoms with Gasteiger partial charge in [0, 0.05) is 0 Å². The molecule has 23 heavy (non-hydrogen) atoms. The first-order chi connectivity index (χ1) is 10.5. The van der Waals surface area contributed by atoms with Gasteiger partial charge in [0.1, 0.15) is 0 Å². The molecular weight excluding hydrogens is 315 g/mol. The highest BCUT2D eigenvalue weighted by Gasteiger charge is 2.23. The predicted octanol–water partition coefficient (Wildman–Crippen LogP) is 1.77. The fraction of sp³-hybridized carbons (Fsp3) is 0.429. The average molecular weight is 334 g/mol. The number of rotatable bonds is 6. The highest BCUT2D eigenvalue weighted by Crippen LogP contribution is 2.19. The Balaban J connectivity index is 2.79. The molecule has 0 fully saturated rings. The Bertz CT molecular complexity index is 603. The molecule has 3 N–H and O–H groups in total. The molecule has 0 bridgehead atoms. The lowest BCUT2D eigenvalue weighted by Gasteiger charge is -2.29. The fourth-order valence-electron chi connectivity index (χ4n) is 2.00. The van der Waals surface area contributed by atoms with Crippen molar-refractivity contribution in [2.24, 2.45) is 0 Å². The monoisotopic (exact) mass is 334 g/mol. The number of hydrogen-bond donors (Lipinski definition) is 3. The number of likely N-dealkylation sites (N-methyl/N-ethyl adjacent to an activating group) is 1. The third kappa shape index (κ3) is 6.15. The maximum atomic E-state index is 13.5. The normalized spacial score (nSPS) is 12.6. The second-order valence-corrected chi connectivity index (χ2v) is 6.09. The lowest BCUT2D eigenvalue weighted by atomic mass is 10.2. The van der Waals surface area contributed by atoms with Crippen LogP contribution in [0.4, 0.5) is 23.7 Å². The fourth-order valence-corrected chi connectivity index (χ4v) is 2.00. The van der Waals surface area contributed by atoms with Crippen molar-refractivity contribution in [3.05, 3.63) is 29.6 Å². The number of carbonyl (C=O) groups excluding carboxylic acids is 1. The van der Waals surface area contributed by atoms with E-state index in [9.17, 15) is 22.8 Å². The van der Waals surface area contributed by atoms with Gasteiger partial charge >= 0.3 is 12.0 Å². The molecule has 1 unspecified atom stereocenters. The molecule has 6 nitrogen and oxygen atoms in total. The third-order valence-electron chi connectivity index (χ3n) is 2.81. The topological polar surface area (TPSA) is 78.4 Å². The van der Waals surface area contributed by atoms with Crippen LogP contribution in [0.2, 0.25) is 0 Å². The number of halogens is 3. The number of anilines is 1. The van der Waals surface area contributed by atoms with Crippen LogP contribution in [0.3, 0.4) is 0 Å². The summed E-state index contributed by atoms with van der Waals surface area (Å²) in [6.07, 6.45) is -0.330. The van der Waals surface area contributed by atoms with E-state index in [0.717, 1.165) is 6.07 Å². The van der Waals surface area contributed by atoms with Crippen LogP contribution in [0.25, 0.3) is 0 Å². The van der Waals surface area contributed by atoms with Crippen LogP contribution >= 0.6 is 0 Å². The molecular formula is C14H19F3N3O3+. The summed E-state index contributed by atoms with van der Waals surface area (Å²) in [6, 6.07) is -0.0794. The van der Waals surface area contributed by atoms with Crippen LogP contribution in [0.1, 0.15) is 6.42 Å². The SMILES string of the molecule is C[N+](C)(C)CC(CC(=O)O)NC(=O)Nc1ccc(F)c(F)c1F. The zero-order chi connectivity index (χ0) is 17.8. The largest absolute Gasteiger partial charge is 0.481 e. The van der Waals surface area contributed by atoms with Crippen LogP contribution in [-0.4, -0.2) is 55.3 Å². The van der Waals surface area contributed by atoms with E-state index in [-0.39, 0.29) is 6.42 Å². The Hall–Kier alpha value is -2.29. The van der Waals surface area contributed by atoms with E-state index in [2.05, 4.69) is 5.32 Å². The van der Waals surface area contributed by atoms with Gasteiger partial charge in [-0.25, -0.2) is 18.0 Å². The van der Waals surface area contributed by atoms with E-state index in [1.54, 1.807) is 0 Å². The summed E-state index contributed by atoms with van der Waals surface area (Å²) in [5, 5.41) is 13.3. The second-order valence-electron chi connectivity index (χ2n) is 6.09. The van der Waals surface area contributed by atoms with Crippen LogP contribution < -0.4 is 10.6 Å². The molecule has 1 rings (SSSR count). The Labute approximate surface area is 131 Å². The van der Waals surface area contributed by atoms with Crippen molar-refractivity contribution in [1.29, 1.82) is 0 Å². The highest BCUT2D eigenvalue weighted by atomic mass is 19.2. The third-order valence-corrected chi connectivity index (χ3v) is 2.81. The molecule has 0 saturated heterocycles. The molecule has 0 aliphatic rings. The Kier molecular flexibility index (Phi) is 5.97. The van der Waals surface area contributed by atoms with Gasteiger partial charge in [0.15, 0.2) is 17.5 Å². The zero-order valence-electron chi connectivity index (χ0n) is 13.0. The number of amides is 2. The van der Waals surface area contributed by atoms with Gasteiger partial charge < -0.3 is 20.2 Å². The summed E-state index contributed by atoms with van der Waals surface area (Å²) in [7, 11) is 5.43. The molecule has 9 heteroatoms. The highest BCUT2D eigenvalue weighted by molar-refractivity contribution is 5.89. The van der Waals surface area contributed by atoms with Gasteiger partial charge in [0.25, 0.3) is 0 Å². The minimum atomic E-state index is -1.70. The summed E-state index contributed by atoms with van der Waals surface area (Å²) < 4.78 is 39.8. The van der Waals surface area contributed by atoms with Crippen molar-refractivity contribution in [1.82, 2.24) is 5.32 Å². The molecule has 1 atom stereocenters. The molecule has 1 aromatic rings. The lowest BCUT2D eigenvalue weighted by molar-refractivity contribution is -0.871. The Morgan fingerprint density at radius 1 is 1.17 bits per heavy atom. The molecule has 2 amide bonds. The first-order valence-corrected chi connectivity index (χ1v) is 6.73. The molecule has 0 heterocycles. The summed E-state index contributed by atoms with van der Waals surface area (Å²) in [5.74, 6) is -5.71. The van der Waals surface area contributed by atoms with E-state index < -0.39 is 41.2 Å². The van der Waals surface area contributed by atoms with Crippen molar-refractivity contribution < 1.29 is 32.3 Å². The van der Waals surface area contributed by atoms with Gasteiger partial charge in [0.05, 0.1) is 45.8 Å². The lowest BCUT2D eigenvalue weighted by Crippen LogP contribution is -2.50. The van der Waals surface area contributed by atoms with Crippen molar-refractivity contribution in [2.45, 2.75) is 12.5 Å². The molecule has 0 aromatic heterocycles. The van der Waals surface area contributed by atoms with Crippen molar-refractivity contribution in [2.75, 3.05) is 33.0 Å². The number of quaternary nitrogens is 1. The standard InChI is InChI=1S/C14H18F3N3O3/c1-20(2,3)7-8(6-11(21)22)18-14(23)19-10-5-4-9(15)12(16)13(10)17/h4-5,8H,6-7H2,1-3H3,(H2-,18,19,21,22,23)/p+1. The smallest absolute Gasteiger partial charge is 0.319 e. The second kappa shape index (κ2) is 7.32. The van der Waals surface area contributed by atoms with E-state index in [1.807, 2.05) is 26.5 Å². The summed E-state index contributed by atoms with van der Waals surface area (Å²) in [4.78, 5) is 22.7. The van der Waals surface area contributed by atoms with E-state index in [1.165, 1.54) is 0 Å². The summed E-state index contributed by atoms with van der Waals surface area (Å²) in [6.45, 7) is 0.306. The van der Waals surface area contributed by atoms with Gasteiger partial charge in [-0.15, -0.1) is 0 Å². The maximum absolute atomic E-state index is 13.5. The first-order valence-electron chi connectivity index (χ1n) is 6.73. The molecule has 0 saturated carbocycles. The number of aliphatic carboxylic acids is 1. The van der Waals surface area contributed by atoms with Crippen LogP contribution in [-0.2, 0) is 4.79 Å². The molecule has 0 aliphatic heterocycles. The van der Waals surface area contributed by atoms with Gasteiger partial charge in [-0.1, -0.05) is 0 Å². The van der Waals surface area contributed by atoms with Crippen molar-refractivity contribution in [3.63, 3.8) is 0 Å². The number of urea groups is 1. The minimum absolute atomic E-state index is 0.306. The van der Waals surface area contributed by atoms with Crippen LogP contribution in [0.5, 0.6) is 0 Å². The van der Waals surface area contributed by atoms with Gasteiger partial charge in [-0.2, -0.15) is 0 Å². The minimum Gasteiger partial charge on any atom is -0.481 e. The van der Waals surface area contributed by atoms with Crippen molar-refractivity contribution >= 4 is 17.7 Å². The van der Waals surface area contributed by atoms with Crippen molar-refractivity contribution in [3.8, 4) is 0 Å². The molecule has 0 aliphatic carbocycles. The summed E-state index contributed by atoms with van der Waals surface area (Å²) >= 11 is 0. The number of carbonyl (C=O) groups is 2. The Morgan fingerprint density at radius 3 is 2.30 bits per heavy atom. The number of hydrogen-bond acceptors (Lipinski definition) is 2. The number of nitrogens with one attached hydrogen (secondary N) is 2. The molecule has 0 spiro atoms. The van der Waals surface area contributed by atoms with Gasteiger partial charge in [-0.3, -0.25) is 4.79 Å². The molecule has 0 radical (unpaired) electrons. The van der Waals surface area contributed by atoms with Crippen LogP contribution in [0, 0.1) is 17.5 Å². The molecule has 128 valence electrons. The van der Waals surface area contributed by atoms with Gasteiger partial charge in [0.2, 0.25) is 0 Å². The number of nitrogens with zero attached hydrogens (tertiary/aromatic N) is 1. The predicted molar refractivity (Wildman–Crippen MR) is 77.4 cm³/mol. The number of carboxylic acid groups (broad SMARTS) is 1. The first kappa shape index (κ1) is 18.8. The van der Waals surface area contributed by atoms with Crippen LogP contribution in [0.15, 0.2) is 12.1 Å². The quantitative estimate of drug-likeness (QED) is 0.548. The van der Waals surface area contributed by atoms with E-state index in [0.29, 0.717) is 17.1 Å². The average Bonchev–Trinajstić information content (AvgIpc) is 2.36. The number of benzene rings is 1. The maximum Gasteiger partial charge on any atom is 0.319 e. The van der Waals surface area contributed by atoms with E-state index in [4.69, 9.17) is 5.11 Å². The number of carboxylic acids is 1. The van der Waals surface area contributed by atoms with E-state index >= 15 is 0 Å². The van der Waals surface area contributed by atoms with Gasteiger partial charge in [-0.05, 0) is 12.1 Å². The summed E-state index contributed by atoms with van der Waals surface area (Å²) in [5.41, 5.74) is -0.541. The Morgan fingerprint density at radius 2 is 1.78 bits per heavy atom.